The van der Waals surface area contributed by atoms with E-state index in [4.69, 9.17) is 0 Å². The number of hydrogen-bond donors (Lipinski definition) is 1. The number of pyridine rings is 1. The summed E-state index contributed by atoms with van der Waals surface area (Å²) < 4.78 is 62.0. The SMILES string of the molecule is O=S(=O)(c1ccccc1NCc1ccnc(N2CCCC2)c1)C(F)(F)F. The normalized spacial score (nSPS) is 15.3. The molecule has 1 saturated heterocycles. The van der Waals surface area contributed by atoms with Gasteiger partial charge in [0, 0.05) is 25.8 Å². The van der Waals surface area contributed by atoms with Gasteiger partial charge in [-0.3, -0.25) is 0 Å². The highest BCUT2D eigenvalue weighted by molar-refractivity contribution is 7.92. The van der Waals surface area contributed by atoms with Crippen LogP contribution >= 0.6 is 0 Å². The molecule has 0 aliphatic carbocycles. The fourth-order valence-corrected chi connectivity index (χ4v) is 3.80. The van der Waals surface area contributed by atoms with E-state index in [0.29, 0.717) is 0 Å². The van der Waals surface area contributed by atoms with Gasteiger partial charge in [0.15, 0.2) is 0 Å². The number of nitrogens with zero attached hydrogens (tertiary/aromatic N) is 2. The smallest absolute Gasteiger partial charge is 0.380 e. The fourth-order valence-electron chi connectivity index (χ4n) is 2.86. The van der Waals surface area contributed by atoms with E-state index in [0.717, 1.165) is 43.4 Å². The third-order valence-electron chi connectivity index (χ3n) is 4.20. The molecule has 0 unspecified atom stereocenters. The van der Waals surface area contributed by atoms with Crippen LogP contribution in [0.1, 0.15) is 18.4 Å². The lowest BCUT2D eigenvalue weighted by molar-refractivity contribution is -0.0435. The first-order valence-corrected chi connectivity index (χ1v) is 9.61. The van der Waals surface area contributed by atoms with Crippen molar-refractivity contribution in [2.75, 3.05) is 23.3 Å². The topological polar surface area (TPSA) is 62.3 Å². The fraction of sp³-hybridized carbons (Fsp3) is 0.353. The molecule has 1 aromatic carbocycles. The molecule has 1 aliphatic heterocycles. The predicted octanol–water partition coefficient (Wildman–Crippen LogP) is 3.59. The van der Waals surface area contributed by atoms with Crippen molar-refractivity contribution in [3.05, 3.63) is 48.2 Å². The molecule has 2 aromatic rings. The van der Waals surface area contributed by atoms with Gasteiger partial charge >= 0.3 is 5.51 Å². The van der Waals surface area contributed by atoms with Gasteiger partial charge in [-0.25, -0.2) is 13.4 Å². The van der Waals surface area contributed by atoms with Crippen LogP contribution in [-0.4, -0.2) is 32.0 Å². The van der Waals surface area contributed by atoms with Gasteiger partial charge < -0.3 is 10.2 Å². The monoisotopic (exact) mass is 385 g/mol. The van der Waals surface area contributed by atoms with E-state index >= 15 is 0 Å². The Balaban J connectivity index is 1.80. The summed E-state index contributed by atoms with van der Waals surface area (Å²) in [6.45, 7) is 2.04. The molecule has 140 valence electrons. The van der Waals surface area contributed by atoms with E-state index in [1.54, 1.807) is 12.3 Å². The molecule has 9 heteroatoms. The van der Waals surface area contributed by atoms with E-state index in [1.807, 2.05) is 6.07 Å². The summed E-state index contributed by atoms with van der Waals surface area (Å²) in [6, 6.07) is 8.63. The van der Waals surface area contributed by atoms with Crippen molar-refractivity contribution in [2.45, 2.75) is 29.8 Å². The molecule has 1 aromatic heterocycles. The van der Waals surface area contributed by atoms with Crippen molar-refractivity contribution in [3.63, 3.8) is 0 Å². The van der Waals surface area contributed by atoms with Crippen LogP contribution in [0.4, 0.5) is 24.7 Å². The zero-order valence-corrected chi connectivity index (χ0v) is 14.6. The summed E-state index contributed by atoms with van der Waals surface area (Å²) >= 11 is 0. The van der Waals surface area contributed by atoms with Crippen molar-refractivity contribution < 1.29 is 21.6 Å². The largest absolute Gasteiger partial charge is 0.501 e. The Morgan fingerprint density at radius 2 is 1.81 bits per heavy atom. The van der Waals surface area contributed by atoms with Gasteiger partial charge in [-0.05, 0) is 42.7 Å². The summed E-state index contributed by atoms with van der Waals surface area (Å²) in [5, 5.41) is 2.80. The minimum Gasteiger partial charge on any atom is -0.380 e. The van der Waals surface area contributed by atoms with Crippen LogP contribution in [0.25, 0.3) is 0 Å². The Kier molecular flexibility index (Phi) is 5.08. The third-order valence-corrected chi connectivity index (χ3v) is 5.75. The number of benzene rings is 1. The van der Waals surface area contributed by atoms with E-state index in [-0.39, 0.29) is 12.2 Å². The van der Waals surface area contributed by atoms with Crippen molar-refractivity contribution >= 4 is 21.3 Å². The molecular weight excluding hydrogens is 367 g/mol. The number of sulfone groups is 1. The maximum Gasteiger partial charge on any atom is 0.501 e. The first kappa shape index (κ1) is 18.5. The Morgan fingerprint density at radius 1 is 1.12 bits per heavy atom. The van der Waals surface area contributed by atoms with Gasteiger partial charge in [-0.1, -0.05) is 12.1 Å². The van der Waals surface area contributed by atoms with Crippen molar-refractivity contribution in [1.82, 2.24) is 4.98 Å². The molecule has 0 atom stereocenters. The lowest BCUT2D eigenvalue weighted by Gasteiger charge is -2.17. The van der Waals surface area contributed by atoms with Crippen molar-refractivity contribution in [3.8, 4) is 0 Å². The Bertz CT molecular complexity index is 879. The molecule has 0 radical (unpaired) electrons. The minimum absolute atomic E-state index is 0.0793. The third kappa shape index (κ3) is 3.77. The first-order chi connectivity index (χ1) is 12.3. The lowest BCUT2D eigenvalue weighted by Crippen LogP contribution is -2.24. The van der Waals surface area contributed by atoms with E-state index in [2.05, 4.69) is 15.2 Å². The summed E-state index contributed by atoms with van der Waals surface area (Å²) in [7, 11) is -5.42. The highest BCUT2D eigenvalue weighted by Gasteiger charge is 2.47. The molecule has 0 spiro atoms. The zero-order chi connectivity index (χ0) is 18.8. The summed E-state index contributed by atoms with van der Waals surface area (Å²) in [4.78, 5) is 5.69. The van der Waals surface area contributed by atoms with Crippen LogP contribution in [0, 0.1) is 0 Å². The second kappa shape index (κ2) is 7.14. The Hall–Kier alpha value is -2.29. The van der Waals surface area contributed by atoms with Crippen LogP contribution in [0.3, 0.4) is 0 Å². The zero-order valence-electron chi connectivity index (χ0n) is 13.8. The van der Waals surface area contributed by atoms with Gasteiger partial charge in [-0.15, -0.1) is 0 Å². The van der Waals surface area contributed by atoms with Crippen LogP contribution in [0.2, 0.25) is 0 Å². The second-order valence-electron chi connectivity index (χ2n) is 6.02. The van der Waals surface area contributed by atoms with Gasteiger partial charge in [0.25, 0.3) is 9.84 Å². The Morgan fingerprint density at radius 3 is 2.50 bits per heavy atom. The first-order valence-electron chi connectivity index (χ1n) is 8.13. The Labute approximate surface area is 149 Å². The molecule has 0 amide bonds. The average molecular weight is 385 g/mol. The summed E-state index contributed by atoms with van der Waals surface area (Å²) in [5.74, 6) is 0.818. The molecule has 1 fully saturated rings. The number of para-hydroxylation sites is 1. The molecule has 26 heavy (non-hydrogen) atoms. The molecule has 3 rings (SSSR count). The van der Waals surface area contributed by atoms with Crippen molar-refractivity contribution in [2.24, 2.45) is 0 Å². The molecule has 5 nitrogen and oxygen atoms in total. The number of aromatic nitrogens is 1. The number of alkyl halides is 3. The molecule has 0 bridgehead atoms. The lowest BCUT2D eigenvalue weighted by atomic mass is 10.2. The maximum atomic E-state index is 12.9. The highest BCUT2D eigenvalue weighted by Crippen LogP contribution is 2.34. The van der Waals surface area contributed by atoms with Crippen LogP contribution in [0.15, 0.2) is 47.5 Å². The van der Waals surface area contributed by atoms with Gasteiger partial charge in [0.2, 0.25) is 0 Å². The number of halogens is 3. The van der Waals surface area contributed by atoms with Gasteiger partial charge in [0.1, 0.15) is 5.82 Å². The molecular formula is C17H18F3N3O2S. The van der Waals surface area contributed by atoms with E-state index < -0.39 is 20.2 Å². The number of hydrogen-bond acceptors (Lipinski definition) is 5. The minimum atomic E-state index is -5.42. The van der Waals surface area contributed by atoms with Crippen LogP contribution < -0.4 is 10.2 Å². The average Bonchev–Trinajstić information content (AvgIpc) is 3.14. The molecule has 1 aliphatic rings. The predicted molar refractivity (Wildman–Crippen MR) is 92.7 cm³/mol. The van der Waals surface area contributed by atoms with Gasteiger partial charge in [0.05, 0.1) is 10.6 Å². The quantitative estimate of drug-likeness (QED) is 0.852. The number of anilines is 2. The van der Waals surface area contributed by atoms with E-state index in [1.165, 1.54) is 18.2 Å². The van der Waals surface area contributed by atoms with Crippen LogP contribution in [-0.2, 0) is 16.4 Å². The molecule has 1 N–H and O–H groups in total. The van der Waals surface area contributed by atoms with Crippen molar-refractivity contribution in [1.29, 1.82) is 0 Å². The molecule has 2 heterocycles. The standard InChI is InChI=1S/C17H18F3N3O2S/c18-17(19,20)26(24,25)15-6-2-1-5-14(15)22-12-13-7-8-21-16(11-13)23-9-3-4-10-23/h1-2,5-8,11,22H,3-4,9-10,12H2. The number of rotatable bonds is 5. The summed E-state index contributed by atoms with van der Waals surface area (Å²) in [6.07, 6.45) is 3.85. The molecule has 0 saturated carbocycles. The number of nitrogens with one attached hydrogen (secondary N) is 1. The van der Waals surface area contributed by atoms with E-state index in [9.17, 15) is 21.6 Å². The maximum absolute atomic E-state index is 12.9. The second-order valence-corrected chi connectivity index (χ2v) is 7.92. The summed E-state index contributed by atoms with van der Waals surface area (Å²) in [5.41, 5.74) is -4.62. The highest BCUT2D eigenvalue weighted by atomic mass is 32.2. The van der Waals surface area contributed by atoms with Crippen LogP contribution in [0.5, 0.6) is 0 Å². The van der Waals surface area contributed by atoms with Gasteiger partial charge in [-0.2, -0.15) is 13.2 Å².